The Labute approximate surface area is 114 Å². The van der Waals surface area contributed by atoms with Gasteiger partial charge in [0.2, 0.25) is 0 Å². The van der Waals surface area contributed by atoms with Crippen LogP contribution in [-0.2, 0) is 4.74 Å². The highest BCUT2D eigenvalue weighted by Crippen LogP contribution is 2.22. The monoisotopic (exact) mass is 265 g/mol. The molecule has 2 N–H and O–H groups in total. The molecule has 0 aliphatic carbocycles. The van der Waals surface area contributed by atoms with Crippen LogP contribution in [0.3, 0.4) is 0 Å². The first-order chi connectivity index (χ1) is 9.31. The summed E-state index contributed by atoms with van der Waals surface area (Å²) in [6, 6.07) is 7.73. The summed E-state index contributed by atoms with van der Waals surface area (Å²) in [7, 11) is 0. The van der Waals surface area contributed by atoms with E-state index in [0.29, 0.717) is 13.2 Å². The molecule has 1 aromatic carbocycles. The number of benzene rings is 1. The van der Waals surface area contributed by atoms with E-state index in [-0.39, 0.29) is 12.2 Å². The number of ether oxygens (including phenoxy) is 3. The summed E-state index contributed by atoms with van der Waals surface area (Å²) < 4.78 is 17.0. The van der Waals surface area contributed by atoms with Gasteiger partial charge < -0.3 is 19.9 Å². The third kappa shape index (κ3) is 4.40. The van der Waals surface area contributed by atoms with Gasteiger partial charge in [0.1, 0.15) is 18.1 Å². The summed E-state index contributed by atoms with van der Waals surface area (Å²) >= 11 is 0. The first-order valence-electron chi connectivity index (χ1n) is 7.03. The van der Waals surface area contributed by atoms with E-state index >= 15 is 0 Å². The Hall–Kier alpha value is -1.26. The molecule has 1 fully saturated rings. The van der Waals surface area contributed by atoms with E-state index in [1.807, 2.05) is 24.3 Å². The number of nitrogens with two attached hydrogens (primary N) is 1. The van der Waals surface area contributed by atoms with Crippen molar-refractivity contribution in [3.05, 3.63) is 24.3 Å². The fourth-order valence-corrected chi connectivity index (χ4v) is 2.12. The molecular formula is C15H23NO3. The predicted octanol–water partition coefficient (Wildman–Crippen LogP) is 2.36. The fourth-order valence-electron chi connectivity index (χ4n) is 2.12. The molecule has 4 heteroatoms. The summed E-state index contributed by atoms with van der Waals surface area (Å²) in [4.78, 5) is 0. The van der Waals surface area contributed by atoms with Crippen LogP contribution in [-0.4, -0.2) is 32.0 Å². The van der Waals surface area contributed by atoms with Crippen molar-refractivity contribution in [1.29, 1.82) is 0 Å². The molecule has 1 saturated heterocycles. The lowest BCUT2D eigenvalue weighted by atomic mass is 10.2. The van der Waals surface area contributed by atoms with Gasteiger partial charge in [-0.1, -0.05) is 6.92 Å². The lowest BCUT2D eigenvalue weighted by Gasteiger charge is -2.14. The quantitative estimate of drug-likeness (QED) is 0.822. The van der Waals surface area contributed by atoms with Crippen LogP contribution in [0.4, 0.5) is 0 Å². The van der Waals surface area contributed by atoms with Crippen molar-refractivity contribution in [2.45, 2.75) is 38.4 Å². The van der Waals surface area contributed by atoms with E-state index in [9.17, 15) is 0 Å². The average molecular weight is 265 g/mol. The standard InChI is InChI=1S/C15H23NO3/c1-2-9-17-12-3-5-13(6-4-12)18-11-15-8-7-14(10-16)19-15/h3-6,14-15H,2,7-11,16H2,1H3. The highest BCUT2D eigenvalue weighted by Gasteiger charge is 2.24. The molecular weight excluding hydrogens is 242 g/mol. The van der Waals surface area contributed by atoms with Crippen molar-refractivity contribution in [2.75, 3.05) is 19.8 Å². The number of hydrogen-bond acceptors (Lipinski definition) is 4. The van der Waals surface area contributed by atoms with E-state index in [2.05, 4.69) is 6.92 Å². The van der Waals surface area contributed by atoms with E-state index in [1.165, 1.54) is 0 Å². The second-order valence-electron chi connectivity index (χ2n) is 4.82. The van der Waals surface area contributed by atoms with Crippen LogP contribution in [0.1, 0.15) is 26.2 Å². The molecule has 1 aliphatic heterocycles. The first-order valence-corrected chi connectivity index (χ1v) is 7.03. The van der Waals surface area contributed by atoms with E-state index < -0.39 is 0 Å². The van der Waals surface area contributed by atoms with Gasteiger partial charge in [-0.15, -0.1) is 0 Å². The minimum Gasteiger partial charge on any atom is -0.494 e. The molecule has 0 saturated carbocycles. The van der Waals surface area contributed by atoms with Crippen molar-refractivity contribution < 1.29 is 14.2 Å². The molecule has 4 nitrogen and oxygen atoms in total. The van der Waals surface area contributed by atoms with E-state index in [0.717, 1.165) is 37.4 Å². The van der Waals surface area contributed by atoms with Crippen LogP contribution in [0.25, 0.3) is 0 Å². The highest BCUT2D eigenvalue weighted by atomic mass is 16.5. The third-order valence-electron chi connectivity index (χ3n) is 3.19. The van der Waals surface area contributed by atoms with Crippen molar-refractivity contribution in [3.63, 3.8) is 0 Å². The zero-order chi connectivity index (χ0) is 13.5. The molecule has 106 valence electrons. The van der Waals surface area contributed by atoms with Gasteiger partial charge in [-0.3, -0.25) is 0 Å². The molecule has 0 amide bonds. The Kier molecular flexibility index (Phi) is 5.48. The average Bonchev–Trinajstić information content (AvgIpc) is 2.92. The van der Waals surface area contributed by atoms with Gasteiger partial charge in [-0.2, -0.15) is 0 Å². The molecule has 2 unspecified atom stereocenters. The molecule has 1 heterocycles. The summed E-state index contributed by atoms with van der Waals surface area (Å²) in [5.41, 5.74) is 5.58. The molecule has 0 spiro atoms. The molecule has 1 aromatic rings. The molecule has 2 atom stereocenters. The number of rotatable bonds is 7. The topological polar surface area (TPSA) is 53.7 Å². The molecule has 2 rings (SSSR count). The van der Waals surface area contributed by atoms with Crippen LogP contribution >= 0.6 is 0 Å². The minimum absolute atomic E-state index is 0.171. The van der Waals surface area contributed by atoms with Crippen molar-refractivity contribution in [1.82, 2.24) is 0 Å². The SMILES string of the molecule is CCCOc1ccc(OCC2CCC(CN)O2)cc1. The van der Waals surface area contributed by atoms with Crippen LogP contribution in [0.2, 0.25) is 0 Å². The molecule has 1 aliphatic rings. The highest BCUT2D eigenvalue weighted by molar-refractivity contribution is 5.31. The normalized spacial score (nSPS) is 22.4. The lowest BCUT2D eigenvalue weighted by Crippen LogP contribution is -2.23. The maximum atomic E-state index is 5.73. The van der Waals surface area contributed by atoms with Crippen LogP contribution in [0.15, 0.2) is 24.3 Å². The molecule has 0 aromatic heterocycles. The summed E-state index contributed by atoms with van der Waals surface area (Å²) in [6.45, 7) is 4.02. The van der Waals surface area contributed by atoms with Crippen molar-refractivity contribution in [2.24, 2.45) is 5.73 Å². The van der Waals surface area contributed by atoms with Crippen molar-refractivity contribution >= 4 is 0 Å². The Morgan fingerprint density at radius 3 is 2.32 bits per heavy atom. The molecule has 19 heavy (non-hydrogen) atoms. The zero-order valence-electron chi connectivity index (χ0n) is 11.5. The largest absolute Gasteiger partial charge is 0.494 e. The smallest absolute Gasteiger partial charge is 0.119 e. The van der Waals surface area contributed by atoms with Gasteiger partial charge in [0.15, 0.2) is 0 Å². The Bertz CT molecular complexity index is 366. The molecule has 0 bridgehead atoms. The fraction of sp³-hybridized carbons (Fsp3) is 0.600. The third-order valence-corrected chi connectivity index (χ3v) is 3.19. The van der Waals surface area contributed by atoms with Crippen LogP contribution in [0.5, 0.6) is 11.5 Å². The number of hydrogen-bond donors (Lipinski definition) is 1. The Morgan fingerprint density at radius 1 is 1.11 bits per heavy atom. The minimum atomic E-state index is 0.171. The maximum Gasteiger partial charge on any atom is 0.119 e. The maximum absolute atomic E-state index is 5.73. The van der Waals surface area contributed by atoms with Gasteiger partial charge >= 0.3 is 0 Å². The van der Waals surface area contributed by atoms with Crippen molar-refractivity contribution in [3.8, 4) is 11.5 Å². The van der Waals surface area contributed by atoms with Gasteiger partial charge in [0, 0.05) is 6.54 Å². The van der Waals surface area contributed by atoms with Gasteiger partial charge in [-0.25, -0.2) is 0 Å². The Morgan fingerprint density at radius 2 is 1.74 bits per heavy atom. The summed E-state index contributed by atoms with van der Waals surface area (Å²) in [5.74, 6) is 1.73. The van der Waals surface area contributed by atoms with E-state index in [4.69, 9.17) is 19.9 Å². The second-order valence-corrected chi connectivity index (χ2v) is 4.82. The van der Waals surface area contributed by atoms with Gasteiger partial charge in [-0.05, 0) is 43.5 Å². The first kappa shape index (κ1) is 14.2. The van der Waals surface area contributed by atoms with E-state index in [1.54, 1.807) is 0 Å². The van der Waals surface area contributed by atoms with Gasteiger partial charge in [0.25, 0.3) is 0 Å². The Balaban J connectivity index is 1.74. The summed E-state index contributed by atoms with van der Waals surface area (Å²) in [6.07, 6.45) is 3.45. The molecule has 0 radical (unpaired) electrons. The van der Waals surface area contributed by atoms with Gasteiger partial charge in [0.05, 0.1) is 18.8 Å². The predicted molar refractivity (Wildman–Crippen MR) is 74.7 cm³/mol. The van der Waals surface area contributed by atoms with Crippen LogP contribution < -0.4 is 15.2 Å². The van der Waals surface area contributed by atoms with Crippen LogP contribution in [0, 0.1) is 0 Å². The second kappa shape index (κ2) is 7.36. The lowest BCUT2D eigenvalue weighted by molar-refractivity contribution is 0.0222. The zero-order valence-corrected chi connectivity index (χ0v) is 11.5. The summed E-state index contributed by atoms with van der Waals surface area (Å²) in [5, 5.41) is 0.